The van der Waals surface area contributed by atoms with E-state index in [4.69, 9.17) is 0 Å². The van der Waals surface area contributed by atoms with Crippen LogP contribution in [0, 0.1) is 11.8 Å². The Morgan fingerprint density at radius 3 is 2.24 bits per heavy atom. The number of amides is 3. The predicted molar refractivity (Wildman–Crippen MR) is 115 cm³/mol. The van der Waals surface area contributed by atoms with Crippen LogP contribution in [-0.2, 0) is 4.79 Å². The number of carbonyl (C=O) groups is 2. The van der Waals surface area contributed by atoms with Crippen molar-refractivity contribution in [3.63, 3.8) is 0 Å². The van der Waals surface area contributed by atoms with Crippen LogP contribution in [0.1, 0.15) is 46.5 Å². The summed E-state index contributed by atoms with van der Waals surface area (Å²) in [4.78, 5) is 33.3. The molecule has 2 fully saturated rings. The topological polar surface area (TPSA) is 77.6 Å². The summed E-state index contributed by atoms with van der Waals surface area (Å²) >= 11 is 0. The van der Waals surface area contributed by atoms with Gasteiger partial charge in [0.2, 0.25) is 5.91 Å². The zero-order chi connectivity index (χ0) is 20.9. The Morgan fingerprint density at radius 2 is 1.66 bits per heavy atom. The first-order chi connectivity index (χ1) is 13.8. The highest BCUT2D eigenvalue weighted by Crippen LogP contribution is 2.30. The lowest BCUT2D eigenvalue weighted by atomic mass is 9.81. The van der Waals surface area contributed by atoms with Crippen molar-refractivity contribution >= 4 is 17.6 Å². The Labute approximate surface area is 174 Å². The predicted octanol–water partition coefficient (Wildman–Crippen LogP) is 2.63. The number of carbonyl (C=O) groups excluding carboxylic acids is 2. The Bertz CT molecular complexity index is 672. The van der Waals surface area contributed by atoms with Gasteiger partial charge in [-0.2, -0.15) is 0 Å². The van der Waals surface area contributed by atoms with Gasteiger partial charge < -0.3 is 20.4 Å². The molecule has 0 atom stereocenters. The highest BCUT2D eigenvalue weighted by Gasteiger charge is 2.31. The van der Waals surface area contributed by atoms with E-state index in [0.29, 0.717) is 18.4 Å². The minimum Gasteiger partial charge on any atom is -0.368 e. The van der Waals surface area contributed by atoms with Gasteiger partial charge in [-0.05, 0) is 64.5 Å². The number of urea groups is 1. The fourth-order valence-electron chi connectivity index (χ4n) is 4.23. The van der Waals surface area contributed by atoms with Crippen LogP contribution in [0.3, 0.4) is 0 Å². The molecule has 1 saturated heterocycles. The van der Waals surface area contributed by atoms with E-state index >= 15 is 0 Å². The molecule has 2 aliphatic rings. The highest BCUT2D eigenvalue weighted by molar-refractivity contribution is 5.79. The van der Waals surface area contributed by atoms with E-state index in [2.05, 4.69) is 20.5 Å². The molecular weight excluding hydrogens is 366 g/mol. The number of aromatic nitrogens is 1. The molecule has 29 heavy (non-hydrogen) atoms. The van der Waals surface area contributed by atoms with Crippen LogP contribution in [-0.4, -0.2) is 60.1 Å². The summed E-state index contributed by atoms with van der Waals surface area (Å²) in [6.07, 6.45) is 7.49. The maximum atomic E-state index is 12.9. The van der Waals surface area contributed by atoms with Crippen molar-refractivity contribution < 1.29 is 9.59 Å². The monoisotopic (exact) mass is 401 g/mol. The molecule has 0 unspecified atom stereocenters. The minimum absolute atomic E-state index is 0.109. The normalized spacial score (nSPS) is 22.9. The molecular formula is C22H35N5O2. The van der Waals surface area contributed by atoms with Crippen molar-refractivity contribution in [2.24, 2.45) is 11.8 Å². The second kappa shape index (κ2) is 9.46. The van der Waals surface area contributed by atoms with E-state index in [1.54, 1.807) is 0 Å². The number of pyridine rings is 1. The Kier molecular flexibility index (Phi) is 6.98. The molecule has 0 bridgehead atoms. The molecule has 1 aliphatic carbocycles. The molecule has 0 spiro atoms. The van der Waals surface area contributed by atoms with Crippen LogP contribution >= 0.6 is 0 Å². The number of anilines is 1. The Hall–Kier alpha value is -2.31. The van der Waals surface area contributed by atoms with Crippen molar-refractivity contribution in [1.82, 2.24) is 20.5 Å². The fourth-order valence-corrected chi connectivity index (χ4v) is 4.23. The maximum absolute atomic E-state index is 12.9. The molecule has 1 aliphatic heterocycles. The number of nitrogens with zero attached hydrogens (tertiary/aromatic N) is 3. The molecule has 7 heteroatoms. The van der Waals surface area contributed by atoms with Crippen LogP contribution in [0.2, 0.25) is 0 Å². The standard InChI is InChI=1S/C22H35N5O2/c1-22(2,3)25-21(29)24-16-17-4-6-18(7-5-17)20(28)27-14-12-26(13-15-27)19-8-10-23-11-9-19/h8-11,17-18H,4-7,12-16H2,1-3H3,(H2,24,25,29). The Morgan fingerprint density at radius 1 is 1.03 bits per heavy atom. The molecule has 2 heterocycles. The smallest absolute Gasteiger partial charge is 0.315 e. The SMILES string of the molecule is CC(C)(C)NC(=O)NCC1CCC(C(=O)N2CCN(c3ccncc3)CC2)CC1. The Balaban J connectivity index is 1.38. The average molecular weight is 402 g/mol. The summed E-state index contributed by atoms with van der Waals surface area (Å²) in [7, 11) is 0. The first-order valence-electron chi connectivity index (χ1n) is 10.8. The number of rotatable bonds is 4. The molecule has 1 aromatic rings. The van der Waals surface area contributed by atoms with Crippen molar-refractivity contribution in [3.05, 3.63) is 24.5 Å². The van der Waals surface area contributed by atoms with Gasteiger partial charge in [0.1, 0.15) is 0 Å². The van der Waals surface area contributed by atoms with E-state index < -0.39 is 0 Å². The maximum Gasteiger partial charge on any atom is 0.315 e. The van der Waals surface area contributed by atoms with Gasteiger partial charge >= 0.3 is 6.03 Å². The van der Waals surface area contributed by atoms with Crippen molar-refractivity contribution in [3.8, 4) is 0 Å². The van der Waals surface area contributed by atoms with Gasteiger partial charge in [-0.1, -0.05) is 0 Å². The lowest BCUT2D eigenvalue weighted by molar-refractivity contribution is -0.137. The first kappa shape index (κ1) is 21.4. The van der Waals surface area contributed by atoms with Crippen LogP contribution < -0.4 is 15.5 Å². The van der Waals surface area contributed by atoms with Crippen molar-refractivity contribution in [2.75, 3.05) is 37.6 Å². The summed E-state index contributed by atoms with van der Waals surface area (Å²) in [5, 5.41) is 5.91. The van der Waals surface area contributed by atoms with Gasteiger partial charge in [-0.15, -0.1) is 0 Å². The van der Waals surface area contributed by atoms with Crippen LogP contribution in [0.15, 0.2) is 24.5 Å². The number of hydrogen-bond donors (Lipinski definition) is 2. The van der Waals surface area contributed by atoms with E-state index in [1.165, 1.54) is 5.69 Å². The molecule has 0 radical (unpaired) electrons. The molecule has 3 rings (SSSR count). The fraction of sp³-hybridized carbons (Fsp3) is 0.682. The van der Waals surface area contributed by atoms with Crippen LogP contribution in [0.25, 0.3) is 0 Å². The molecule has 1 aromatic heterocycles. The van der Waals surface area contributed by atoms with Gasteiger partial charge in [-0.3, -0.25) is 9.78 Å². The lowest BCUT2D eigenvalue weighted by Crippen LogP contribution is -2.51. The second-order valence-corrected chi connectivity index (χ2v) is 9.32. The third kappa shape index (κ3) is 6.34. The van der Waals surface area contributed by atoms with Gasteiger partial charge in [-0.25, -0.2) is 4.79 Å². The summed E-state index contributed by atoms with van der Waals surface area (Å²) in [5.74, 6) is 0.923. The number of nitrogens with one attached hydrogen (secondary N) is 2. The second-order valence-electron chi connectivity index (χ2n) is 9.32. The van der Waals surface area contributed by atoms with Crippen LogP contribution in [0.5, 0.6) is 0 Å². The summed E-state index contributed by atoms with van der Waals surface area (Å²) in [5.41, 5.74) is 0.950. The largest absolute Gasteiger partial charge is 0.368 e. The minimum atomic E-state index is -0.227. The number of hydrogen-bond acceptors (Lipinski definition) is 4. The van der Waals surface area contributed by atoms with E-state index in [-0.39, 0.29) is 17.5 Å². The first-order valence-corrected chi connectivity index (χ1v) is 10.8. The average Bonchev–Trinajstić information content (AvgIpc) is 2.72. The van der Waals surface area contributed by atoms with Gasteiger partial charge in [0, 0.05) is 62.3 Å². The third-order valence-corrected chi connectivity index (χ3v) is 5.86. The van der Waals surface area contributed by atoms with E-state index in [0.717, 1.165) is 51.9 Å². The van der Waals surface area contributed by atoms with Gasteiger partial charge in [0.05, 0.1) is 0 Å². The molecule has 0 aromatic carbocycles. The van der Waals surface area contributed by atoms with Crippen LogP contribution in [0.4, 0.5) is 10.5 Å². The zero-order valence-electron chi connectivity index (χ0n) is 18.0. The van der Waals surface area contributed by atoms with Gasteiger partial charge in [0.25, 0.3) is 0 Å². The highest BCUT2D eigenvalue weighted by atomic mass is 16.2. The van der Waals surface area contributed by atoms with E-state index in [9.17, 15) is 9.59 Å². The molecule has 7 nitrogen and oxygen atoms in total. The molecule has 1 saturated carbocycles. The molecule has 2 N–H and O–H groups in total. The summed E-state index contributed by atoms with van der Waals surface area (Å²) < 4.78 is 0. The summed E-state index contributed by atoms with van der Waals surface area (Å²) in [6.45, 7) is 9.93. The zero-order valence-corrected chi connectivity index (χ0v) is 18.0. The van der Waals surface area contributed by atoms with Gasteiger partial charge in [0.15, 0.2) is 0 Å². The molecule has 3 amide bonds. The third-order valence-electron chi connectivity index (χ3n) is 5.86. The molecule has 160 valence electrons. The van der Waals surface area contributed by atoms with Crippen molar-refractivity contribution in [2.45, 2.75) is 52.0 Å². The summed E-state index contributed by atoms with van der Waals surface area (Å²) in [6, 6.07) is 3.94. The quantitative estimate of drug-likeness (QED) is 0.813. The van der Waals surface area contributed by atoms with Crippen molar-refractivity contribution in [1.29, 1.82) is 0 Å². The van der Waals surface area contributed by atoms with E-state index in [1.807, 2.05) is 50.2 Å². The number of piperazine rings is 1. The lowest BCUT2D eigenvalue weighted by Gasteiger charge is -2.38.